The second-order valence-corrected chi connectivity index (χ2v) is 21.9. The normalized spacial score (nSPS) is 19.2. The number of unbranched alkanes of at least 4 members (excludes halogenated alkanes) is 3. The first-order valence-electron chi connectivity index (χ1n) is 28.5. The van der Waals surface area contributed by atoms with Crippen LogP contribution in [-0.2, 0) is 75.2 Å². The molecule has 2 fully saturated rings. The van der Waals surface area contributed by atoms with Crippen LogP contribution in [-0.4, -0.2) is 178 Å². The molecule has 2 aromatic carbocycles. The number of rotatable bonds is 33. The maximum absolute atomic E-state index is 14.1. The number of phenols is 1. The molecule has 0 aliphatic carbocycles. The third kappa shape index (κ3) is 25.6. The summed E-state index contributed by atoms with van der Waals surface area (Å²) in [5.41, 5.74) is 17.8. The number of phenolic OH excluding ortho intramolecular Hbond substituents is 1. The van der Waals surface area contributed by atoms with E-state index in [0.29, 0.717) is 31.2 Å². The Bertz CT molecular complexity index is 2730. The van der Waals surface area contributed by atoms with Gasteiger partial charge in [-0.15, -0.1) is 11.8 Å². The van der Waals surface area contributed by atoms with Gasteiger partial charge in [-0.1, -0.05) is 55.8 Å². The topological polar surface area (TPSA) is 464 Å². The summed E-state index contributed by atoms with van der Waals surface area (Å²) in [6.45, 7) is 1.28. The number of imide groups is 1. The third-order valence-corrected chi connectivity index (χ3v) is 14.9. The van der Waals surface area contributed by atoms with Crippen molar-refractivity contribution in [1.82, 2.24) is 52.8 Å². The van der Waals surface area contributed by atoms with E-state index in [4.69, 9.17) is 17.2 Å². The van der Waals surface area contributed by atoms with Crippen molar-refractivity contribution in [2.75, 3.05) is 38.5 Å². The third-order valence-electron chi connectivity index (χ3n) is 13.6. The number of amides is 12. The van der Waals surface area contributed by atoms with E-state index in [1.54, 1.807) is 42.5 Å². The van der Waals surface area contributed by atoms with Gasteiger partial charge >= 0.3 is 5.97 Å². The van der Waals surface area contributed by atoms with Crippen LogP contribution in [0.4, 0.5) is 0 Å². The number of guanidine groups is 1. The van der Waals surface area contributed by atoms with Gasteiger partial charge in [-0.2, -0.15) is 0 Å². The van der Waals surface area contributed by atoms with Crippen LogP contribution in [0.1, 0.15) is 108 Å². The molecule has 0 spiro atoms. The zero-order chi connectivity index (χ0) is 63.1. The molecular weight excluding hydrogens is 1140 g/mol. The summed E-state index contributed by atoms with van der Waals surface area (Å²) in [7, 11) is 0. The van der Waals surface area contributed by atoms with Gasteiger partial charge in [-0.25, -0.2) is 0 Å². The number of aliphatic imine (C=N–C) groups is 1. The average Bonchev–Trinajstić information content (AvgIpc) is 3.45. The van der Waals surface area contributed by atoms with Gasteiger partial charge in [0.05, 0.1) is 18.2 Å². The number of aromatic hydroxyl groups is 1. The second-order valence-electron chi connectivity index (χ2n) is 20.6. The zero-order valence-corrected chi connectivity index (χ0v) is 48.8. The van der Waals surface area contributed by atoms with Gasteiger partial charge in [0.2, 0.25) is 70.9 Å². The lowest BCUT2D eigenvalue weighted by atomic mass is 10.0. The van der Waals surface area contributed by atoms with Crippen LogP contribution in [0.25, 0.3) is 0 Å². The molecule has 86 heavy (non-hydrogen) atoms. The van der Waals surface area contributed by atoms with Crippen LogP contribution in [0.3, 0.4) is 0 Å². The van der Waals surface area contributed by atoms with Gasteiger partial charge in [0.1, 0.15) is 42.0 Å². The van der Waals surface area contributed by atoms with Crippen molar-refractivity contribution in [3.8, 4) is 5.75 Å². The van der Waals surface area contributed by atoms with E-state index in [0.717, 1.165) is 22.2 Å². The average molecular weight is 1220 g/mol. The van der Waals surface area contributed by atoms with E-state index in [9.17, 15) is 72.5 Å². The summed E-state index contributed by atoms with van der Waals surface area (Å²) in [5, 5.41) is 41.6. The number of hydrogen-bond acceptors (Lipinski definition) is 16. The lowest BCUT2D eigenvalue weighted by Gasteiger charge is -2.26. The maximum atomic E-state index is 14.1. The number of nitrogens with zero attached hydrogens (tertiary/aromatic N) is 2. The van der Waals surface area contributed by atoms with Crippen LogP contribution in [0, 0.1) is 0 Å². The smallest absolute Gasteiger partial charge is 0.305 e. The van der Waals surface area contributed by atoms with Gasteiger partial charge in [-0.05, 0) is 74.6 Å². The standard InChI is InChI=1S/C56H80N14O15S/c1-2-12-44(73)64-38(28-34-18-20-35(71)21-19-34)51(81)61-24-9-4-7-17-45(74)66-41(49(57)79)32-86-42-30-47(76)70(55(42)85)26-22-43(72)60-23-10-8-15-37-52(82)67-36(16-11-25-62-56(58)59)50(80)63-31-46(75)65-40(29-48(77)78)54(84)69-39(53(83)68-37)27-33-13-5-3-6-14-33/h3,5-6,13-14,18-21,36-42,71H,2,4,7-12,15-17,22-32H2,1H3,(H2,57,79)(H,60,72)(H,61,81)(H,63,80)(H,64,73)(H,65,75)(H,66,74)(H,67,82)(H,68,83)(H,69,84)(H,77,78)(H4,58,59,62). The lowest BCUT2D eigenvalue weighted by Crippen LogP contribution is -2.58. The summed E-state index contributed by atoms with van der Waals surface area (Å²) in [4.78, 5) is 174. The number of likely N-dealkylation sites (tertiary alicyclic amines) is 1. The molecule has 0 saturated carbocycles. The number of benzene rings is 2. The van der Waals surface area contributed by atoms with Crippen molar-refractivity contribution in [1.29, 1.82) is 0 Å². The molecule has 470 valence electrons. The fourth-order valence-electron chi connectivity index (χ4n) is 9.02. The molecule has 2 aliphatic rings. The van der Waals surface area contributed by atoms with E-state index >= 15 is 0 Å². The number of carboxylic acid groups (broad SMARTS) is 1. The lowest BCUT2D eigenvalue weighted by molar-refractivity contribution is -0.141. The largest absolute Gasteiger partial charge is 0.508 e. The fourth-order valence-corrected chi connectivity index (χ4v) is 10.2. The summed E-state index contributed by atoms with van der Waals surface area (Å²) in [6.07, 6.45) is 1.61. The molecular formula is C56H80N14O15S. The van der Waals surface area contributed by atoms with Crippen molar-refractivity contribution in [3.63, 3.8) is 0 Å². The number of thioether (sulfide) groups is 1. The molecule has 4 rings (SSSR count). The van der Waals surface area contributed by atoms with Crippen LogP contribution in [0.15, 0.2) is 59.6 Å². The number of aliphatic carboxylic acids is 1. The van der Waals surface area contributed by atoms with Crippen LogP contribution >= 0.6 is 11.8 Å². The number of nitrogens with two attached hydrogens (primary N) is 3. The highest BCUT2D eigenvalue weighted by atomic mass is 32.2. The Morgan fingerprint density at radius 3 is 1.97 bits per heavy atom. The van der Waals surface area contributed by atoms with Crippen molar-refractivity contribution >= 4 is 94.6 Å². The Labute approximate surface area is 501 Å². The molecule has 30 heteroatoms. The zero-order valence-electron chi connectivity index (χ0n) is 48.0. The van der Waals surface area contributed by atoms with Gasteiger partial charge in [0.25, 0.3) is 0 Å². The number of carbonyl (C=O) groups excluding carboxylic acids is 12. The quantitative estimate of drug-likeness (QED) is 0.0149. The molecule has 7 atom stereocenters. The second kappa shape index (κ2) is 36.8. The van der Waals surface area contributed by atoms with E-state index < -0.39 is 120 Å². The van der Waals surface area contributed by atoms with Crippen LogP contribution < -0.4 is 65.1 Å². The fraction of sp³-hybridized carbons (Fsp3) is 0.536. The minimum Gasteiger partial charge on any atom is -0.508 e. The molecule has 0 aromatic heterocycles. The van der Waals surface area contributed by atoms with E-state index in [-0.39, 0.29) is 126 Å². The summed E-state index contributed by atoms with van der Waals surface area (Å²) >= 11 is 0.962. The predicted molar refractivity (Wildman–Crippen MR) is 313 cm³/mol. The van der Waals surface area contributed by atoms with Crippen molar-refractivity contribution in [3.05, 3.63) is 65.7 Å². The maximum Gasteiger partial charge on any atom is 0.305 e. The molecule has 2 heterocycles. The molecule has 7 unspecified atom stereocenters. The highest BCUT2D eigenvalue weighted by molar-refractivity contribution is 8.00. The Hall–Kier alpha value is -8.83. The molecule has 0 radical (unpaired) electrons. The van der Waals surface area contributed by atoms with Gasteiger partial charge in [0, 0.05) is 70.5 Å². The van der Waals surface area contributed by atoms with Crippen LogP contribution in [0.5, 0.6) is 5.75 Å². The minimum absolute atomic E-state index is 0.0274. The summed E-state index contributed by atoms with van der Waals surface area (Å²) in [5.74, 6) is -9.75. The molecule has 12 amide bonds. The molecule has 2 aromatic rings. The number of carbonyl (C=O) groups is 13. The summed E-state index contributed by atoms with van der Waals surface area (Å²) < 4.78 is 0. The monoisotopic (exact) mass is 1220 g/mol. The molecule has 2 aliphatic heterocycles. The first-order valence-corrected chi connectivity index (χ1v) is 29.5. The molecule has 29 nitrogen and oxygen atoms in total. The van der Waals surface area contributed by atoms with Crippen molar-refractivity contribution < 1.29 is 72.5 Å². The summed E-state index contributed by atoms with van der Waals surface area (Å²) in [6, 6.07) is 7.11. The van der Waals surface area contributed by atoms with Crippen LogP contribution in [0.2, 0.25) is 0 Å². The predicted octanol–water partition coefficient (Wildman–Crippen LogP) is -2.76. The Morgan fingerprint density at radius 2 is 1.29 bits per heavy atom. The Morgan fingerprint density at radius 1 is 0.674 bits per heavy atom. The van der Waals surface area contributed by atoms with E-state index in [1.807, 2.05) is 6.92 Å². The highest BCUT2D eigenvalue weighted by Crippen LogP contribution is 2.26. The number of nitrogens with one attached hydrogen (secondary N) is 9. The molecule has 2 saturated heterocycles. The SMILES string of the molecule is CCCC(=O)NC(Cc1ccc(O)cc1)C(=O)NCCCCCC(=O)NC(CSC1CC(=O)N(CCC(=O)NCCCCC2NC(=O)C(Cc3ccccc3)NC(=O)C(CC(=O)O)NC(=O)CNC(=O)C(CCCN=C(N)N)NC2=O)C1=O)C(N)=O. The van der Waals surface area contributed by atoms with Crippen molar-refractivity contribution in [2.24, 2.45) is 22.2 Å². The Balaban J connectivity index is 1.26. The first kappa shape index (κ1) is 69.7. The van der Waals surface area contributed by atoms with E-state index in [2.05, 4.69) is 52.8 Å². The van der Waals surface area contributed by atoms with E-state index in [1.165, 1.54) is 12.1 Å². The van der Waals surface area contributed by atoms with Gasteiger partial charge in [0.15, 0.2) is 5.96 Å². The van der Waals surface area contributed by atoms with Crippen molar-refractivity contribution in [2.45, 2.75) is 151 Å². The Kier molecular flexibility index (Phi) is 29.8. The molecule has 0 bridgehead atoms. The number of hydrogen-bond donors (Lipinski definition) is 14. The number of primary amides is 1. The van der Waals surface area contributed by atoms with Gasteiger partial charge in [-0.3, -0.25) is 72.2 Å². The molecule has 17 N–H and O–H groups in total. The first-order chi connectivity index (χ1) is 41.0. The minimum atomic E-state index is -1.66. The highest BCUT2D eigenvalue weighted by Gasteiger charge is 2.40. The number of carboxylic acids is 1. The van der Waals surface area contributed by atoms with Gasteiger partial charge < -0.3 is 75.3 Å².